The van der Waals surface area contributed by atoms with Crippen LogP contribution in [0, 0.1) is 11.3 Å². The standard InChI is InChI=1S/C21H30ClN3O4S/c1-21(2,3)20(27)24-10-4-5-16(15-24)19(26)23-11-13-25(14-12-23)30(28,29)18-8-6-17(22)7-9-18/h6-9,16H,4-5,10-15H2,1-3H3. The summed E-state index contributed by atoms with van der Waals surface area (Å²) < 4.78 is 27.1. The molecule has 2 saturated heterocycles. The van der Waals surface area contributed by atoms with Gasteiger partial charge in [0.1, 0.15) is 0 Å². The molecule has 2 aliphatic heterocycles. The van der Waals surface area contributed by atoms with Crippen LogP contribution in [0.4, 0.5) is 0 Å². The Morgan fingerprint density at radius 1 is 0.967 bits per heavy atom. The fourth-order valence-electron chi connectivity index (χ4n) is 4.00. The molecule has 0 aromatic heterocycles. The number of hydrogen-bond acceptors (Lipinski definition) is 4. The minimum Gasteiger partial charge on any atom is -0.341 e. The second-order valence-corrected chi connectivity index (χ2v) is 11.4. The number of rotatable bonds is 3. The largest absolute Gasteiger partial charge is 0.341 e. The predicted molar refractivity (Wildman–Crippen MR) is 116 cm³/mol. The summed E-state index contributed by atoms with van der Waals surface area (Å²) in [6.45, 7) is 8.03. The van der Waals surface area contributed by atoms with Crippen LogP contribution in [0.2, 0.25) is 5.02 Å². The summed E-state index contributed by atoms with van der Waals surface area (Å²) in [5.74, 6) is -0.131. The van der Waals surface area contributed by atoms with Gasteiger partial charge >= 0.3 is 0 Å². The maximum absolute atomic E-state index is 13.0. The molecule has 0 spiro atoms. The van der Waals surface area contributed by atoms with Crippen molar-refractivity contribution in [3.63, 3.8) is 0 Å². The molecule has 0 aliphatic carbocycles. The highest BCUT2D eigenvalue weighted by atomic mass is 35.5. The molecule has 0 bridgehead atoms. The van der Waals surface area contributed by atoms with Crippen molar-refractivity contribution in [1.82, 2.24) is 14.1 Å². The first-order valence-corrected chi connectivity index (χ1v) is 12.2. The summed E-state index contributed by atoms with van der Waals surface area (Å²) in [5, 5.41) is 0.482. The molecule has 0 N–H and O–H groups in total. The lowest BCUT2D eigenvalue weighted by molar-refractivity contribution is -0.145. The lowest BCUT2D eigenvalue weighted by atomic mass is 9.90. The van der Waals surface area contributed by atoms with Crippen molar-refractivity contribution in [3.05, 3.63) is 29.3 Å². The average molecular weight is 456 g/mol. The number of hydrogen-bond donors (Lipinski definition) is 0. The van der Waals surface area contributed by atoms with E-state index in [1.807, 2.05) is 20.8 Å². The monoisotopic (exact) mass is 455 g/mol. The summed E-state index contributed by atoms with van der Waals surface area (Å²) in [6, 6.07) is 6.11. The second-order valence-electron chi connectivity index (χ2n) is 9.02. The van der Waals surface area contributed by atoms with Gasteiger partial charge in [0.05, 0.1) is 10.8 Å². The van der Waals surface area contributed by atoms with Crippen LogP contribution in [-0.2, 0) is 19.6 Å². The van der Waals surface area contributed by atoms with Crippen LogP contribution in [0.15, 0.2) is 29.2 Å². The molecule has 2 amide bonds. The van der Waals surface area contributed by atoms with E-state index in [4.69, 9.17) is 11.6 Å². The van der Waals surface area contributed by atoms with Crippen LogP contribution in [-0.4, -0.2) is 73.6 Å². The van der Waals surface area contributed by atoms with E-state index in [1.165, 1.54) is 16.4 Å². The first-order chi connectivity index (χ1) is 14.0. The van der Waals surface area contributed by atoms with Crippen molar-refractivity contribution in [3.8, 4) is 0 Å². The molecule has 1 unspecified atom stereocenters. The quantitative estimate of drug-likeness (QED) is 0.701. The SMILES string of the molecule is CC(C)(C)C(=O)N1CCCC(C(=O)N2CCN(S(=O)(=O)c3ccc(Cl)cc3)CC2)C1. The van der Waals surface area contributed by atoms with E-state index in [1.54, 1.807) is 21.9 Å². The number of benzene rings is 1. The lowest BCUT2D eigenvalue weighted by Gasteiger charge is -2.39. The Kier molecular flexibility index (Phi) is 6.79. The van der Waals surface area contributed by atoms with E-state index < -0.39 is 15.4 Å². The number of sulfonamides is 1. The number of carbonyl (C=O) groups excluding carboxylic acids is 2. The number of likely N-dealkylation sites (tertiary alicyclic amines) is 1. The number of carbonyl (C=O) groups is 2. The summed E-state index contributed by atoms with van der Waals surface area (Å²) in [5.41, 5.74) is -0.466. The number of amides is 2. The first kappa shape index (κ1) is 23.0. The van der Waals surface area contributed by atoms with Crippen LogP contribution in [0.1, 0.15) is 33.6 Å². The molecule has 1 aromatic rings. The Hall–Kier alpha value is -1.64. The number of piperidine rings is 1. The highest BCUT2D eigenvalue weighted by molar-refractivity contribution is 7.89. The predicted octanol–water partition coefficient (Wildman–Crippen LogP) is 2.46. The first-order valence-electron chi connectivity index (χ1n) is 10.3. The summed E-state index contributed by atoms with van der Waals surface area (Å²) >= 11 is 5.85. The maximum atomic E-state index is 13.0. The van der Waals surface area contributed by atoms with Crippen LogP contribution < -0.4 is 0 Å². The topological polar surface area (TPSA) is 78.0 Å². The zero-order chi connectivity index (χ0) is 22.1. The number of piperazine rings is 1. The smallest absolute Gasteiger partial charge is 0.243 e. The molecular weight excluding hydrogens is 426 g/mol. The van der Waals surface area contributed by atoms with Crippen molar-refractivity contribution in [1.29, 1.82) is 0 Å². The van der Waals surface area contributed by atoms with Gasteiger partial charge in [-0.05, 0) is 37.1 Å². The Bertz CT molecular complexity index is 888. The van der Waals surface area contributed by atoms with E-state index in [0.29, 0.717) is 31.2 Å². The van der Waals surface area contributed by atoms with E-state index in [-0.39, 0.29) is 35.7 Å². The molecule has 2 fully saturated rings. The Morgan fingerprint density at radius 3 is 2.13 bits per heavy atom. The van der Waals surface area contributed by atoms with Gasteiger partial charge in [-0.2, -0.15) is 4.31 Å². The molecule has 2 heterocycles. The van der Waals surface area contributed by atoms with E-state index >= 15 is 0 Å². The van der Waals surface area contributed by atoms with Crippen molar-refractivity contribution in [2.45, 2.75) is 38.5 Å². The molecule has 166 valence electrons. The van der Waals surface area contributed by atoms with E-state index in [0.717, 1.165) is 12.8 Å². The Labute approximate surface area is 184 Å². The van der Waals surface area contributed by atoms with Crippen molar-refractivity contribution in [2.75, 3.05) is 39.3 Å². The second kappa shape index (κ2) is 8.85. The molecule has 0 saturated carbocycles. The van der Waals surface area contributed by atoms with Gasteiger partial charge < -0.3 is 9.80 Å². The molecule has 30 heavy (non-hydrogen) atoms. The molecule has 2 aliphatic rings. The van der Waals surface area contributed by atoms with E-state index in [2.05, 4.69) is 0 Å². The molecule has 9 heteroatoms. The number of nitrogens with zero attached hydrogens (tertiary/aromatic N) is 3. The maximum Gasteiger partial charge on any atom is 0.243 e. The third-order valence-electron chi connectivity index (χ3n) is 5.70. The lowest BCUT2D eigenvalue weighted by Crippen LogP contribution is -2.54. The molecule has 0 radical (unpaired) electrons. The molecular formula is C21H30ClN3O4S. The van der Waals surface area contributed by atoms with Crippen LogP contribution >= 0.6 is 11.6 Å². The van der Waals surface area contributed by atoms with Crippen molar-refractivity contribution in [2.24, 2.45) is 11.3 Å². The number of halogens is 1. The fraction of sp³-hybridized carbons (Fsp3) is 0.619. The fourth-order valence-corrected chi connectivity index (χ4v) is 5.55. The Balaban J connectivity index is 1.60. The highest BCUT2D eigenvalue weighted by Crippen LogP contribution is 2.26. The van der Waals surface area contributed by atoms with Gasteiger partial charge in [-0.1, -0.05) is 32.4 Å². The third kappa shape index (κ3) is 4.98. The van der Waals surface area contributed by atoms with Crippen LogP contribution in [0.3, 0.4) is 0 Å². The average Bonchev–Trinajstić information content (AvgIpc) is 2.72. The minimum atomic E-state index is -3.61. The van der Waals surface area contributed by atoms with Crippen molar-refractivity contribution < 1.29 is 18.0 Å². The summed E-state index contributed by atoms with van der Waals surface area (Å²) in [6.07, 6.45) is 1.57. The third-order valence-corrected chi connectivity index (χ3v) is 7.87. The highest BCUT2D eigenvalue weighted by Gasteiger charge is 2.37. The summed E-state index contributed by atoms with van der Waals surface area (Å²) in [4.78, 5) is 29.4. The van der Waals surface area contributed by atoms with Crippen LogP contribution in [0.25, 0.3) is 0 Å². The zero-order valence-electron chi connectivity index (χ0n) is 17.8. The van der Waals surface area contributed by atoms with Gasteiger partial charge in [-0.15, -0.1) is 0 Å². The van der Waals surface area contributed by atoms with Gasteiger partial charge in [0.25, 0.3) is 0 Å². The molecule has 3 rings (SSSR count). The van der Waals surface area contributed by atoms with E-state index in [9.17, 15) is 18.0 Å². The Morgan fingerprint density at radius 2 is 1.57 bits per heavy atom. The van der Waals surface area contributed by atoms with Gasteiger partial charge in [0.15, 0.2) is 0 Å². The molecule has 1 aromatic carbocycles. The van der Waals surface area contributed by atoms with Gasteiger partial charge in [-0.3, -0.25) is 9.59 Å². The zero-order valence-corrected chi connectivity index (χ0v) is 19.4. The van der Waals surface area contributed by atoms with Gasteiger partial charge in [0, 0.05) is 49.7 Å². The summed E-state index contributed by atoms with van der Waals surface area (Å²) in [7, 11) is -3.61. The molecule has 1 atom stereocenters. The van der Waals surface area contributed by atoms with Crippen LogP contribution in [0.5, 0.6) is 0 Å². The van der Waals surface area contributed by atoms with Crippen molar-refractivity contribution >= 4 is 33.4 Å². The minimum absolute atomic E-state index is 0.0185. The normalized spacial score (nSPS) is 21.5. The van der Waals surface area contributed by atoms with Gasteiger partial charge in [0.2, 0.25) is 21.8 Å². The molecule has 7 nitrogen and oxygen atoms in total. The van der Waals surface area contributed by atoms with Gasteiger partial charge in [-0.25, -0.2) is 8.42 Å².